The molecule has 128 valence electrons. The predicted molar refractivity (Wildman–Crippen MR) is 92.3 cm³/mol. The molecule has 3 rings (SSSR count). The molecule has 0 radical (unpaired) electrons. The summed E-state index contributed by atoms with van der Waals surface area (Å²) >= 11 is 0. The molecule has 1 aliphatic rings. The molecule has 0 aromatic heterocycles. The maximum Gasteiger partial charge on any atom is 0.218 e. The Balaban J connectivity index is 1.57. The summed E-state index contributed by atoms with van der Waals surface area (Å²) in [7, 11) is -3.31. The van der Waals surface area contributed by atoms with E-state index in [4.69, 9.17) is 0 Å². The fourth-order valence-corrected chi connectivity index (χ4v) is 4.43. The van der Waals surface area contributed by atoms with Crippen LogP contribution in [0.15, 0.2) is 54.6 Å². The van der Waals surface area contributed by atoms with Crippen LogP contribution in [-0.2, 0) is 22.3 Å². The summed E-state index contributed by atoms with van der Waals surface area (Å²) in [5, 5.41) is 0. The van der Waals surface area contributed by atoms with Crippen molar-refractivity contribution in [1.82, 2.24) is 9.21 Å². The second-order valence-electron chi connectivity index (χ2n) is 6.01. The van der Waals surface area contributed by atoms with Crippen LogP contribution in [-0.4, -0.2) is 43.8 Å². The van der Waals surface area contributed by atoms with E-state index in [0.29, 0.717) is 38.3 Å². The quantitative estimate of drug-likeness (QED) is 0.833. The molecule has 1 fully saturated rings. The van der Waals surface area contributed by atoms with Crippen LogP contribution in [0.1, 0.15) is 11.1 Å². The van der Waals surface area contributed by atoms with E-state index in [-0.39, 0.29) is 11.6 Å². The highest BCUT2D eigenvalue weighted by molar-refractivity contribution is 7.88. The van der Waals surface area contributed by atoms with Crippen LogP contribution >= 0.6 is 0 Å². The van der Waals surface area contributed by atoms with E-state index in [0.717, 1.165) is 5.56 Å². The van der Waals surface area contributed by atoms with Crippen molar-refractivity contribution in [3.63, 3.8) is 0 Å². The molecular formula is C18H21FN2O2S. The number of hydrogen-bond acceptors (Lipinski definition) is 3. The average Bonchev–Trinajstić information content (AvgIpc) is 2.58. The monoisotopic (exact) mass is 348 g/mol. The second-order valence-corrected chi connectivity index (χ2v) is 7.98. The highest BCUT2D eigenvalue weighted by Crippen LogP contribution is 2.16. The van der Waals surface area contributed by atoms with Crippen molar-refractivity contribution in [3.8, 4) is 0 Å². The van der Waals surface area contributed by atoms with E-state index in [1.54, 1.807) is 12.1 Å². The molecule has 1 saturated heterocycles. The van der Waals surface area contributed by atoms with Gasteiger partial charge in [-0.2, -0.15) is 4.31 Å². The molecule has 0 unspecified atom stereocenters. The van der Waals surface area contributed by atoms with E-state index in [1.165, 1.54) is 10.4 Å². The van der Waals surface area contributed by atoms with Gasteiger partial charge in [-0.15, -0.1) is 0 Å². The topological polar surface area (TPSA) is 40.6 Å². The summed E-state index contributed by atoms with van der Waals surface area (Å²) in [5.74, 6) is -0.183. The fraction of sp³-hybridized carbons (Fsp3) is 0.333. The van der Waals surface area contributed by atoms with Crippen molar-refractivity contribution >= 4 is 10.0 Å². The average molecular weight is 348 g/mol. The van der Waals surface area contributed by atoms with Gasteiger partial charge >= 0.3 is 0 Å². The highest BCUT2D eigenvalue weighted by atomic mass is 32.2. The number of halogens is 1. The Morgan fingerprint density at radius 1 is 0.875 bits per heavy atom. The standard InChI is InChI=1S/C18H21FN2O2S/c19-18-9-5-4-8-17(18)14-20-10-12-21(13-11-20)24(22,23)15-16-6-2-1-3-7-16/h1-9H,10-15H2. The summed E-state index contributed by atoms with van der Waals surface area (Å²) in [6, 6.07) is 15.9. The van der Waals surface area contributed by atoms with Crippen LogP contribution in [0.5, 0.6) is 0 Å². The van der Waals surface area contributed by atoms with Gasteiger partial charge in [0.1, 0.15) is 5.82 Å². The Kier molecular flexibility index (Phi) is 5.28. The smallest absolute Gasteiger partial charge is 0.218 e. The molecule has 1 heterocycles. The van der Waals surface area contributed by atoms with Gasteiger partial charge in [0, 0.05) is 38.3 Å². The Bertz CT molecular complexity index is 773. The zero-order chi connectivity index (χ0) is 17.0. The lowest BCUT2D eigenvalue weighted by Gasteiger charge is -2.34. The maximum atomic E-state index is 13.7. The van der Waals surface area contributed by atoms with Crippen LogP contribution in [0.2, 0.25) is 0 Å². The minimum atomic E-state index is -3.31. The SMILES string of the molecule is O=S(=O)(Cc1ccccc1)N1CCN(Cc2ccccc2F)CC1. The summed E-state index contributed by atoms with van der Waals surface area (Å²) in [4.78, 5) is 2.09. The van der Waals surface area contributed by atoms with Gasteiger partial charge in [-0.25, -0.2) is 12.8 Å². The first-order valence-corrected chi connectivity index (χ1v) is 9.63. The number of rotatable bonds is 5. The van der Waals surface area contributed by atoms with Crippen LogP contribution < -0.4 is 0 Å². The summed E-state index contributed by atoms with van der Waals surface area (Å²) < 4.78 is 40.3. The molecule has 0 amide bonds. The molecule has 2 aromatic carbocycles. The van der Waals surface area contributed by atoms with E-state index in [9.17, 15) is 12.8 Å². The molecule has 0 atom stereocenters. The normalized spacial score (nSPS) is 17.0. The lowest BCUT2D eigenvalue weighted by atomic mass is 10.2. The largest absolute Gasteiger partial charge is 0.296 e. The Morgan fingerprint density at radius 2 is 1.50 bits per heavy atom. The lowest BCUT2D eigenvalue weighted by Crippen LogP contribution is -2.48. The minimum Gasteiger partial charge on any atom is -0.296 e. The first-order chi connectivity index (χ1) is 11.5. The molecule has 0 bridgehead atoms. The minimum absolute atomic E-state index is 0.0289. The van der Waals surface area contributed by atoms with Crippen molar-refractivity contribution in [1.29, 1.82) is 0 Å². The van der Waals surface area contributed by atoms with Crippen LogP contribution in [0, 0.1) is 5.82 Å². The highest BCUT2D eigenvalue weighted by Gasteiger charge is 2.27. The van der Waals surface area contributed by atoms with Crippen molar-refractivity contribution < 1.29 is 12.8 Å². The third-order valence-corrected chi connectivity index (χ3v) is 6.12. The van der Waals surface area contributed by atoms with Gasteiger partial charge in [-0.1, -0.05) is 48.5 Å². The zero-order valence-electron chi connectivity index (χ0n) is 13.4. The van der Waals surface area contributed by atoms with E-state index in [2.05, 4.69) is 4.90 Å². The lowest BCUT2D eigenvalue weighted by molar-refractivity contribution is 0.180. The van der Waals surface area contributed by atoms with E-state index < -0.39 is 10.0 Å². The van der Waals surface area contributed by atoms with Gasteiger partial charge in [0.25, 0.3) is 0 Å². The molecule has 6 heteroatoms. The van der Waals surface area contributed by atoms with Gasteiger partial charge in [-0.05, 0) is 11.6 Å². The number of sulfonamides is 1. The first kappa shape index (κ1) is 17.1. The molecule has 24 heavy (non-hydrogen) atoms. The Labute approximate surface area is 142 Å². The van der Waals surface area contributed by atoms with Gasteiger partial charge in [-0.3, -0.25) is 4.90 Å². The number of benzene rings is 2. The van der Waals surface area contributed by atoms with Crippen molar-refractivity contribution in [2.45, 2.75) is 12.3 Å². The third-order valence-electron chi connectivity index (χ3n) is 4.27. The first-order valence-electron chi connectivity index (χ1n) is 8.02. The summed E-state index contributed by atoms with van der Waals surface area (Å²) in [6.07, 6.45) is 0. The second kappa shape index (κ2) is 7.42. The van der Waals surface area contributed by atoms with Gasteiger partial charge < -0.3 is 0 Å². The molecule has 0 spiro atoms. The van der Waals surface area contributed by atoms with E-state index >= 15 is 0 Å². The van der Waals surface area contributed by atoms with Crippen LogP contribution in [0.4, 0.5) is 4.39 Å². The Hall–Kier alpha value is -1.76. The molecule has 4 nitrogen and oxygen atoms in total. The number of hydrogen-bond donors (Lipinski definition) is 0. The van der Waals surface area contributed by atoms with Crippen molar-refractivity contribution in [2.24, 2.45) is 0 Å². The van der Waals surface area contributed by atoms with Gasteiger partial charge in [0.05, 0.1) is 5.75 Å². The van der Waals surface area contributed by atoms with E-state index in [1.807, 2.05) is 36.4 Å². The van der Waals surface area contributed by atoms with Crippen LogP contribution in [0.25, 0.3) is 0 Å². The molecule has 0 aliphatic carbocycles. The molecule has 0 N–H and O–H groups in total. The Morgan fingerprint density at radius 3 is 2.17 bits per heavy atom. The predicted octanol–water partition coefficient (Wildman–Crippen LogP) is 2.47. The maximum absolute atomic E-state index is 13.7. The van der Waals surface area contributed by atoms with Crippen molar-refractivity contribution in [3.05, 3.63) is 71.5 Å². The fourth-order valence-electron chi connectivity index (χ4n) is 2.91. The summed E-state index contributed by atoms with van der Waals surface area (Å²) in [5.41, 5.74) is 1.45. The van der Waals surface area contributed by atoms with Crippen molar-refractivity contribution in [2.75, 3.05) is 26.2 Å². The number of piperazine rings is 1. The third kappa shape index (κ3) is 4.20. The zero-order valence-corrected chi connectivity index (χ0v) is 14.3. The molecule has 1 aliphatic heterocycles. The van der Waals surface area contributed by atoms with Crippen LogP contribution in [0.3, 0.4) is 0 Å². The summed E-state index contributed by atoms with van der Waals surface area (Å²) in [6.45, 7) is 2.64. The van der Waals surface area contributed by atoms with Gasteiger partial charge in [0.2, 0.25) is 10.0 Å². The van der Waals surface area contributed by atoms with Gasteiger partial charge in [0.15, 0.2) is 0 Å². The number of nitrogens with zero attached hydrogens (tertiary/aromatic N) is 2. The molecule has 0 saturated carbocycles. The molecule has 2 aromatic rings. The molecular weight excluding hydrogens is 327 g/mol.